The first-order valence-electron chi connectivity index (χ1n) is 5.41. The molecule has 0 unspecified atom stereocenters. The summed E-state index contributed by atoms with van der Waals surface area (Å²) in [6, 6.07) is 5.46. The van der Waals surface area contributed by atoms with Gasteiger partial charge in [-0.3, -0.25) is 0 Å². The van der Waals surface area contributed by atoms with E-state index < -0.39 is 0 Å². The van der Waals surface area contributed by atoms with Crippen LogP contribution in [0, 0.1) is 6.92 Å². The van der Waals surface area contributed by atoms with Gasteiger partial charge in [-0.2, -0.15) is 11.3 Å². The number of benzene rings is 1. The highest BCUT2D eigenvalue weighted by Crippen LogP contribution is 2.28. The summed E-state index contributed by atoms with van der Waals surface area (Å²) >= 11 is 7.58. The van der Waals surface area contributed by atoms with Crippen molar-refractivity contribution in [1.82, 2.24) is 9.97 Å². The lowest BCUT2D eigenvalue weighted by molar-refractivity contribution is 1.23. The molecule has 0 bridgehead atoms. The summed E-state index contributed by atoms with van der Waals surface area (Å²) < 4.78 is 0. The van der Waals surface area contributed by atoms with Crippen molar-refractivity contribution in [3.63, 3.8) is 0 Å². The van der Waals surface area contributed by atoms with Crippen LogP contribution >= 0.6 is 22.9 Å². The van der Waals surface area contributed by atoms with Gasteiger partial charge in [0.25, 0.3) is 0 Å². The molecule has 0 amide bonds. The molecular weight excluding hydrogens is 266 g/mol. The van der Waals surface area contributed by atoms with E-state index in [-0.39, 0.29) is 0 Å². The van der Waals surface area contributed by atoms with E-state index >= 15 is 0 Å². The van der Waals surface area contributed by atoms with E-state index in [9.17, 15) is 0 Å². The van der Waals surface area contributed by atoms with Gasteiger partial charge in [0.2, 0.25) is 0 Å². The topological polar surface area (TPSA) is 51.8 Å². The number of fused-ring (bicyclic) bond motifs is 1. The van der Waals surface area contributed by atoms with Crippen LogP contribution in [0.2, 0.25) is 5.02 Å². The van der Waals surface area contributed by atoms with Gasteiger partial charge in [0, 0.05) is 21.4 Å². The van der Waals surface area contributed by atoms with Crippen molar-refractivity contribution in [3.8, 4) is 11.4 Å². The fraction of sp³-hybridized carbons (Fsp3) is 0.0769. The van der Waals surface area contributed by atoms with Crippen LogP contribution in [0.25, 0.3) is 22.3 Å². The van der Waals surface area contributed by atoms with Gasteiger partial charge in [0.05, 0.1) is 5.52 Å². The summed E-state index contributed by atoms with van der Waals surface area (Å²) in [5.74, 6) is 1.13. The molecule has 2 heterocycles. The largest absolute Gasteiger partial charge is 0.383 e. The van der Waals surface area contributed by atoms with Crippen molar-refractivity contribution >= 4 is 39.7 Å². The van der Waals surface area contributed by atoms with Crippen molar-refractivity contribution in [3.05, 3.63) is 39.5 Å². The summed E-state index contributed by atoms with van der Waals surface area (Å²) in [5.41, 5.74) is 8.98. The quantitative estimate of drug-likeness (QED) is 0.733. The number of rotatable bonds is 1. The molecule has 0 aliphatic carbocycles. The minimum atomic E-state index is 0.461. The first-order valence-corrected chi connectivity index (χ1v) is 6.73. The number of nitrogens with zero attached hydrogens (tertiary/aromatic N) is 2. The first-order chi connectivity index (χ1) is 8.65. The number of aryl methyl sites for hydroxylation is 1. The molecule has 5 heteroatoms. The Bertz CT molecular complexity index is 736. The smallest absolute Gasteiger partial charge is 0.163 e. The van der Waals surface area contributed by atoms with Crippen LogP contribution in [0.3, 0.4) is 0 Å². The number of nitrogen functional groups attached to an aromatic ring is 1. The average molecular weight is 276 g/mol. The molecule has 0 spiro atoms. The second kappa shape index (κ2) is 4.23. The maximum Gasteiger partial charge on any atom is 0.163 e. The van der Waals surface area contributed by atoms with Gasteiger partial charge in [0.15, 0.2) is 5.82 Å². The van der Waals surface area contributed by atoms with Crippen molar-refractivity contribution in [2.75, 3.05) is 5.73 Å². The molecule has 2 aromatic heterocycles. The molecule has 3 nitrogen and oxygen atoms in total. The molecule has 0 aliphatic heterocycles. The molecule has 0 fully saturated rings. The monoisotopic (exact) mass is 275 g/mol. The summed E-state index contributed by atoms with van der Waals surface area (Å²) in [6.07, 6.45) is 0. The van der Waals surface area contributed by atoms with E-state index in [1.807, 2.05) is 18.4 Å². The van der Waals surface area contributed by atoms with E-state index in [1.54, 1.807) is 23.5 Å². The highest BCUT2D eigenvalue weighted by atomic mass is 35.5. The molecule has 18 heavy (non-hydrogen) atoms. The number of aromatic nitrogens is 2. The van der Waals surface area contributed by atoms with Gasteiger partial charge in [-0.05, 0) is 36.1 Å². The van der Waals surface area contributed by atoms with Gasteiger partial charge in [-0.1, -0.05) is 11.6 Å². The second-order valence-electron chi connectivity index (χ2n) is 4.06. The van der Waals surface area contributed by atoms with E-state index in [0.29, 0.717) is 16.7 Å². The summed E-state index contributed by atoms with van der Waals surface area (Å²) in [7, 11) is 0. The van der Waals surface area contributed by atoms with Crippen LogP contribution in [0.4, 0.5) is 5.82 Å². The Morgan fingerprint density at radius 2 is 2.06 bits per heavy atom. The van der Waals surface area contributed by atoms with E-state index in [2.05, 4.69) is 15.3 Å². The van der Waals surface area contributed by atoms with E-state index in [0.717, 1.165) is 22.0 Å². The molecule has 3 aromatic rings. The summed E-state index contributed by atoms with van der Waals surface area (Å²) in [6.45, 7) is 2.04. The number of halogens is 1. The predicted molar refractivity (Wildman–Crippen MR) is 77.0 cm³/mol. The first kappa shape index (κ1) is 11.4. The minimum Gasteiger partial charge on any atom is -0.383 e. The lowest BCUT2D eigenvalue weighted by Crippen LogP contribution is -1.97. The third-order valence-electron chi connectivity index (χ3n) is 2.78. The molecular formula is C13H10ClN3S. The van der Waals surface area contributed by atoms with Crippen molar-refractivity contribution < 1.29 is 0 Å². The number of anilines is 1. The van der Waals surface area contributed by atoms with Crippen LogP contribution in [0.5, 0.6) is 0 Å². The molecule has 0 aliphatic rings. The Labute approximate surface area is 113 Å². The lowest BCUT2D eigenvalue weighted by atomic mass is 10.2. The van der Waals surface area contributed by atoms with Crippen molar-refractivity contribution in [1.29, 1.82) is 0 Å². The summed E-state index contributed by atoms with van der Waals surface area (Å²) in [5, 5.41) is 5.53. The molecule has 0 radical (unpaired) electrons. The SMILES string of the molecule is Cc1cscc1-c1nc(N)c2cc(Cl)ccc2n1. The Hall–Kier alpha value is -1.65. The van der Waals surface area contributed by atoms with Crippen LogP contribution in [0.1, 0.15) is 5.56 Å². The van der Waals surface area contributed by atoms with Gasteiger partial charge >= 0.3 is 0 Å². The third-order valence-corrected chi connectivity index (χ3v) is 3.88. The van der Waals surface area contributed by atoms with Gasteiger partial charge in [0.1, 0.15) is 5.82 Å². The Morgan fingerprint density at radius 1 is 1.22 bits per heavy atom. The van der Waals surface area contributed by atoms with Crippen LogP contribution < -0.4 is 5.73 Å². The minimum absolute atomic E-state index is 0.461. The third kappa shape index (κ3) is 1.83. The fourth-order valence-electron chi connectivity index (χ4n) is 1.83. The Balaban J connectivity index is 2.28. The van der Waals surface area contributed by atoms with Gasteiger partial charge in [-0.15, -0.1) is 0 Å². The molecule has 90 valence electrons. The van der Waals surface area contributed by atoms with E-state index in [4.69, 9.17) is 17.3 Å². The molecule has 2 N–H and O–H groups in total. The maximum absolute atomic E-state index is 5.98. The predicted octanol–water partition coefficient (Wildman–Crippen LogP) is 3.90. The van der Waals surface area contributed by atoms with Crippen LogP contribution in [0.15, 0.2) is 29.0 Å². The molecule has 3 rings (SSSR count). The summed E-state index contributed by atoms with van der Waals surface area (Å²) in [4.78, 5) is 8.90. The maximum atomic E-state index is 5.98. The van der Waals surface area contributed by atoms with Gasteiger partial charge < -0.3 is 5.73 Å². The van der Waals surface area contributed by atoms with Crippen molar-refractivity contribution in [2.45, 2.75) is 6.92 Å². The van der Waals surface area contributed by atoms with Crippen LogP contribution in [-0.4, -0.2) is 9.97 Å². The molecule has 0 atom stereocenters. The Morgan fingerprint density at radius 3 is 2.78 bits per heavy atom. The number of hydrogen-bond donors (Lipinski definition) is 1. The number of hydrogen-bond acceptors (Lipinski definition) is 4. The molecule has 0 saturated carbocycles. The average Bonchev–Trinajstić information content (AvgIpc) is 2.76. The molecule has 0 saturated heterocycles. The highest BCUT2D eigenvalue weighted by Gasteiger charge is 2.10. The number of nitrogens with two attached hydrogens (primary N) is 1. The van der Waals surface area contributed by atoms with Crippen LogP contribution in [-0.2, 0) is 0 Å². The van der Waals surface area contributed by atoms with Gasteiger partial charge in [-0.25, -0.2) is 9.97 Å². The second-order valence-corrected chi connectivity index (χ2v) is 5.24. The lowest BCUT2D eigenvalue weighted by Gasteiger charge is -2.05. The number of thiophene rings is 1. The fourth-order valence-corrected chi connectivity index (χ4v) is 2.83. The highest BCUT2D eigenvalue weighted by molar-refractivity contribution is 7.08. The zero-order valence-electron chi connectivity index (χ0n) is 9.64. The van der Waals surface area contributed by atoms with E-state index in [1.165, 1.54) is 0 Å². The Kier molecular flexibility index (Phi) is 2.69. The molecule has 1 aromatic carbocycles. The van der Waals surface area contributed by atoms with Crippen molar-refractivity contribution in [2.24, 2.45) is 0 Å². The standard InChI is InChI=1S/C13H10ClN3S/c1-7-5-18-6-10(7)13-16-11-3-2-8(14)4-9(11)12(15)17-13/h2-6H,1H3,(H2,15,16,17). The zero-order valence-corrected chi connectivity index (χ0v) is 11.2. The zero-order chi connectivity index (χ0) is 12.7. The normalized spacial score (nSPS) is 11.0.